The van der Waals surface area contributed by atoms with Crippen LogP contribution in [0.5, 0.6) is 5.75 Å². The average Bonchev–Trinajstić information content (AvgIpc) is 2.88. The van der Waals surface area contributed by atoms with E-state index in [0.717, 1.165) is 37.0 Å². The van der Waals surface area contributed by atoms with Crippen molar-refractivity contribution >= 4 is 17.5 Å². The van der Waals surface area contributed by atoms with Gasteiger partial charge < -0.3 is 4.74 Å². The fourth-order valence-electron chi connectivity index (χ4n) is 4.26. The van der Waals surface area contributed by atoms with Gasteiger partial charge in [0.1, 0.15) is 11.6 Å². The summed E-state index contributed by atoms with van der Waals surface area (Å²) in [6.45, 7) is 2.07. The van der Waals surface area contributed by atoms with Crippen LogP contribution in [-0.2, 0) is 9.59 Å². The number of hydrogen-bond acceptors (Lipinski definition) is 3. The van der Waals surface area contributed by atoms with Crippen LogP contribution >= 0.6 is 0 Å². The third kappa shape index (κ3) is 3.04. The van der Waals surface area contributed by atoms with Crippen LogP contribution in [0.15, 0.2) is 29.3 Å². The molecule has 2 aliphatic carbocycles. The number of anilines is 1. The summed E-state index contributed by atoms with van der Waals surface area (Å²) in [5.41, 5.74) is 1.13. The number of ether oxygens (including phenoxy) is 1. The summed E-state index contributed by atoms with van der Waals surface area (Å²) in [5.74, 6) is -0.421. The first kappa shape index (κ1) is 17.3. The second kappa shape index (κ2) is 6.86. The molecular formula is C21H24FNO3. The third-order valence-corrected chi connectivity index (χ3v) is 5.74. The van der Waals surface area contributed by atoms with Crippen LogP contribution < -0.4 is 9.64 Å². The van der Waals surface area contributed by atoms with E-state index in [-0.39, 0.29) is 23.6 Å². The molecule has 1 aromatic carbocycles. The Morgan fingerprint density at radius 1 is 1.04 bits per heavy atom. The van der Waals surface area contributed by atoms with Crippen LogP contribution in [0.25, 0.3) is 0 Å². The fourth-order valence-corrected chi connectivity index (χ4v) is 4.26. The van der Waals surface area contributed by atoms with E-state index in [1.807, 2.05) is 0 Å². The number of halogens is 1. The minimum absolute atomic E-state index is 0.00959. The summed E-state index contributed by atoms with van der Waals surface area (Å²) in [6.07, 6.45) is 7.67. The van der Waals surface area contributed by atoms with Crippen LogP contribution in [-0.4, -0.2) is 17.9 Å². The van der Waals surface area contributed by atoms with Gasteiger partial charge in [-0.1, -0.05) is 13.3 Å². The zero-order valence-corrected chi connectivity index (χ0v) is 15.1. The molecule has 0 radical (unpaired) electrons. The SMILES string of the molecule is CC1CCC2=C(C1)C(=O)N(c1cc(OC3CCCCC3)ccc1F)C2=O. The van der Waals surface area contributed by atoms with Crippen molar-refractivity contribution in [2.75, 3.05) is 4.90 Å². The first-order valence-electron chi connectivity index (χ1n) is 9.61. The summed E-state index contributed by atoms with van der Waals surface area (Å²) in [6, 6.07) is 4.36. The lowest BCUT2D eigenvalue weighted by atomic mass is 9.86. The highest BCUT2D eigenvalue weighted by molar-refractivity contribution is 6.33. The van der Waals surface area contributed by atoms with Gasteiger partial charge in [-0.2, -0.15) is 0 Å². The number of benzene rings is 1. The number of amides is 2. The van der Waals surface area contributed by atoms with E-state index in [1.54, 1.807) is 6.07 Å². The lowest BCUT2D eigenvalue weighted by Crippen LogP contribution is -2.32. The molecule has 1 unspecified atom stereocenters. The van der Waals surface area contributed by atoms with Gasteiger partial charge in [-0.25, -0.2) is 9.29 Å². The largest absolute Gasteiger partial charge is 0.490 e. The first-order valence-corrected chi connectivity index (χ1v) is 9.61. The molecule has 0 N–H and O–H groups in total. The first-order chi connectivity index (χ1) is 12.5. The molecule has 1 aromatic rings. The Hall–Kier alpha value is -2.17. The Balaban J connectivity index is 1.60. The Morgan fingerprint density at radius 3 is 2.54 bits per heavy atom. The molecule has 0 bridgehead atoms. The van der Waals surface area contributed by atoms with Gasteiger partial charge in [0.05, 0.1) is 11.8 Å². The second-order valence-corrected chi connectivity index (χ2v) is 7.74. The minimum Gasteiger partial charge on any atom is -0.490 e. The molecule has 138 valence electrons. The quantitative estimate of drug-likeness (QED) is 0.747. The Kier molecular flexibility index (Phi) is 4.55. The van der Waals surface area contributed by atoms with E-state index in [1.165, 1.54) is 18.6 Å². The summed E-state index contributed by atoms with van der Waals surface area (Å²) >= 11 is 0. The molecular weight excluding hydrogens is 333 g/mol. The van der Waals surface area contributed by atoms with E-state index < -0.39 is 5.82 Å². The van der Waals surface area contributed by atoms with Gasteiger partial charge in [0.25, 0.3) is 11.8 Å². The standard InChI is InChI=1S/C21H24FNO3/c1-13-7-9-16-17(11-13)21(25)23(20(16)24)19-12-15(8-10-18(19)22)26-14-5-3-2-4-6-14/h8,10,12-14H,2-7,9,11H2,1H3. The highest BCUT2D eigenvalue weighted by Gasteiger charge is 2.42. The van der Waals surface area contributed by atoms with Crippen molar-refractivity contribution in [2.45, 2.75) is 64.4 Å². The maximum atomic E-state index is 14.5. The lowest BCUT2D eigenvalue weighted by molar-refractivity contribution is -0.120. The zero-order chi connectivity index (χ0) is 18.3. The Bertz CT molecular complexity index is 779. The predicted octanol–water partition coefficient (Wildman–Crippen LogP) is 4.53. The molecule has 4 rings (SSSR count). The number of carbonyl (C=O) groups is 2. The third-order valence-electron chi connectivity index (χ3n) is 5.74. The zero-order valence-electron chi connectivity index (χ0n) is 15.1. The van der Waals surface area contributed by atoms with Crippen LogP contribution in [0.4, 0.5) is 10.1 Å². The van der Waals surface area contributed by atoms with Crippen molar-refractivity contribution in [1.29, 1.82) is 0 Å². The van der Waals surface area contributed by atoms with E-state index in [9.17, 15) is 14.0 Å². The van der Waals surface area contributed by atoms with E-state index >= 15 is 0 Å². The number of carbonyl (C=O) groups excluding carboxylic acids is 2. The molecule has 0 aromatic heterocycles. The minimum atomic E-state index is -0.574. The van der Waals surface area contributed by atoms with Gasteiger partial charge >= 0.3 is 0 Å². The maximum absolute atomic E-state index is 14.5. The monoisotopic (exact) mass is 357 g/mol. The highest BCUT2D eigenvalue weighted by Crippen LogP contribution is 2.39. The van der Waals surface area contributed by atoms with Crippen molar-refractivity contribution < 1.29 is 18.7 Å². The van der Waals surface area contributed by atoms with Gasteiger partial charge in [0, 0.05) is 17.2 Å². The number of hydrogen-bond donors (Lipinski definition) is 0. The van der Waals surface area contributed by atoms with E-state index in [0.29, 0.717) is 35.7 Å². The van der Waals surface area contributed by atoms with Gasteiger partial charge in [-0.05, 0) is 63.0 Å². The van der Waals surface area contributed by atoms with Crippen molar-refractivity contribution in [2.24, 2.45) is 5.92 Å². The molecule has 1 saturated carbocycles. The van der Waals surface area contributed by atoms with Gasteiger partial charge in [-0.3, -0.25) is 9.59 Å². The Morgan fingerprint density at radius 2 is 1.77 bits per heavy atom. The smallest absolute Gasteiger partial charge is 0.261 e. The second-order valence-electron chi connectivity index (χ2n) is 7.74. The summed E-state index contributed by atoms with van der Waals surface area (Å²) in [7, 11) is 0. The molecule has 0 saturated heterocycles. The van der Waals surface area contributed by atoms with Crippen LogP contribution in [0.2, 0.25) is 0 Å². The highest BCUT2D eigenvalue weighted by atomic mass is 19.1. The van der Waals surface area contributed by atoms with Crippen LogP contribution in [0.3, 0.4) is 0 Å². The fraction of sp³-hybridized carbons (Fsp3) is 0.524. The van der Waals surface area contributed by atoms with Crippen molar-refractivity contribution in [3.63, 3.8) is 0 Å². The molecule has 1 aliphatic heterocycles. The predicted molar refractivity (Wildman–Crippen MR) is 96.4 cm³/mol. The van der Waals surface area contributed by atoms with Gasteiger partial charge in [0.2, 0.25) is 0 Å². The molecule has 1 fully saturated rings. The molecule has 0 spiro atoms. The maximum Gasteiger partial charge on any atom is 0.261 e. The van der Waals surface area contributed by atoms with E-state index in [2.05, 4.69) is 6.92 Å². The topological polar surface area (TPSA) is 46.6 Å². The summed E-state index contributed by atoms with van der Waals surface area (Å²) < 4.78 is 20.5. The molecule has 3 aliphatic rings. The molecule has 2 amide bonds. The summed E-state index contributed by atoms with van der Waals surface area (Å²) in [4.78, 5) is 26.5. The number of rotatable bonds is 3. The number of nitrogens with zero attached hydrogens (tertiary/aromatic N) is 1. The normalized spacial score (nSPS) is 24.2. The molecule has 26 heavy (non-hydrogen) atoms. The van der Waals surface area contributed by atoms with Crippen LogP contribution in [0.1, 0.15) is 58.3 Å². The molecule has 1 heterocycles. The van der Waals surface area contributed by atoms with Crippen molar-refractivity contribution in [1.82, 2.24) is 0 Å². The van der Waals surface area contributed by atoms with E-state index in [4.69, 9.17) is 4.74 Å². The lowest BCUT2D eigenvalue weighted by Gasteiger charge is -2.24. The average molecular weight is 357 g/mol. The molecule has 4 nitrogen and oxygen atoms in total. The van der Waals surface area contributed by atoms with Crippen molar-refractivity contribution in [3.8, 4) is 5.75 Å². The van der Waals surface area contributed by atoms with Gasteiger partial charge in [-0.15, -0.1) is 0 Å². The molecule has 1 atom stereocenters. The summed E-state index contributed by atoms with van der Waals surface area (Å²) in [5, 5.41) is 0. The number of imide groups is 1. The van der Waals surface area contributed by atoms with Crippen LogP contribution in [0, 0.1) is 11.7 Å². The Labute approximate surface area is 153 Å². The van der Waals surface area contributed by atoms with Gasteiger partial charge in [0.15, 0.2) is 0 Å². The molecule has 5 heteroatoms. The van der Waals surface area contributed by atoms with Crippen molar-refractivity contribution in [3.05, 3.63) is 35.2 Å².